The second-order valence-electron chi connectivity index (χ2n) is 11.6. The van der Waals surface area contributed by atoms with Gasteiger partial charge in [-0.15, -0.1) is 0 Å². The van der Waals surface area contributed by atoms with Gasteiger partial charge in [-0.3, -0.25) is 0 Å². The molecule has 0 aromatic carbocycles. The van der Waals surface area contributed by atoms with Gasteiger partial charge < -0.3 is 12.4 Å². The van der Waals surface area contributed by atoms with Gasteiger partial charge in [0.25, 0.3) is 0 Å². The first-order chi connectivity index (χ1) is 12.2. The summed E-state index contributed by atoms with van der Waals surface area (Å²) in [6, 6.07) is 0. The van der Waals surface area contributed by atoms with E-state index in [1.54, 1.807) is 38.5 Å². The van der Waals surface area contributed by atoms with Crippen LogP contribution in [0.2, 0.25) is 0 Å². The van der Waals surface area contributed by atoms with Gasteiger partial charge in [-0.2, -0.15) is 0 Å². The second kappa shape index (κ2) is 5.17. The van der Waals surface area contributed by atoms with E-state index in [4.69, 9.17) is 4.99 Å². The van der Waals surface area contributed by atoms with Crippen molar-refractivity contribution in [2.75, 3.05) is 0 Å². The summed E-state index contributed by atoms with van der Waals surface area (Å²) in [5.74, 6) is 6.24. The van der Waals surface area contributed by atoms with Crippen molar-refractivity contribution < 1.29 is 16.9 Å². The Kier molecular flexibility index (Phi) is 3.30. The molecule has 0 aromatic heterocycles. The molecule has 1 aliphatic heterocycles. The Bertz CT molecular complexity index is 549. The van der Waals surface area contributed by atoms with Gasteiger partial charge in [0.05, 0.1) is 6.20 Å². The second-order valence-corrected chi connectivity index (χ2v) is 11.6. The molecular weight excluding hydrogens is 340 g/mol. The third-order valence-corrected chi connectivity index (χ3v) is 10.2. The van der Waals surface area contributed by atoms with Crippen molar-refractivity contribution in [1.29, 1.82) is 0 Å². The third kappa shape index (κ3) is 1.87. The fourth-order valence-corrected chi connectivity index (χ4v) is 10.4. The fraction of sp³-hybridized carbons (Fsp3) is 0.870. The van der Waals surface area contributed by atoms with Crippen LogP contribution in [0.4, 0.5) is 0 Å². The highest BCUT2D eigenvalue weighted by Crippen LogP contribution is 2.67. The van der Waals surface area contributed by atoms with Crippen molar-refractivity contribution in [3.05, 3.63) is 12.4 Å². The van der Waals surface area contributed by atoms with E-state index in [0.29, 0.717) is 11.1 Å². The summed E-state index contributed by atoms with van der Waals surface area (Å²) >= 11 is 0. The number of hydrogen-bond acceptors (Lipinski definition) is 1. The largest absolute Gasteiger partial charge is 1.00 e. The van der Waals surface area contributed by atoms with E-state index in [1.165, 1.54) is 43.0 Å². The van der Waals surface area contributed by atoms with E-state index < -0.39 is 0 Å². The topological polar surface area (TPSA) is 12.4 Å². The Hall–Kier alpha value is -0.340. The average molecular weight is 373 g/mol. The molecule has 0 amide bonds. The molecule has 8 fully saturated rings. The molecule has 3 heteroatoms. The minimum Gasteiger partial charge on any atom is -1.00 e. The molecular formula is C23H33ClN2. The van der Waals surface area contributed by atoms with E-state index in [1.807, 2.05) is 0 Å². The third-order valence-electron chi connectivity index (χ3n) is 10.2. The first kappa shape index (κ1) is 16.6. The van der Waals surface area contributed by atoms with Crippen molar-refractivity contribution in [1.82, 2.24) is 0 Å². The van der Waals surface area contributed by atoms with Crippen molar-refractivity contribution >= 4 is 6.34 Å². The van der Waals surface area contributed by atoms with Crippen LogP contribution in [-0.2, 0) is 0 Å². The summed E-state index contributed by atoms with van der Waals surface area (Å²) in [6.07, 6.45) is 25.7. The molecule has 8 bridgehead atoms. The van der Waals surface area contributed by atoms with Crippen LogP contribution >= 0.6 is 0 Å². The molecule has 0 atom stereocenters. The van der Waals surface area contributed by atoms with Gasteiger partial charge in [-0.25, -0.2) is 9.48 Å². The molecule has 0 unspecified atom stereocenters. The van der Waals surface area contributed by atoms with Gasteiger partial charge in [-0.1, -0.05) is 0 Å². The van der Waals surface area contributed by atoms with Gasteiger partial charge in [0.1, 0.15) is 17.3 Å². The molecule has 9 rings (SSSR count). The molecule has 2 nitrogen and oxygen atoms in total. The average Bonchev–Trinajstić information content (AvgIpc) is 3.04. The molecule has 9 aliphatic rings. The number of halogens is 1. The van der Waals surface area contributed by atoms with E-state index in [0.717, 1.165) is 35.5 Å². The van der Waals surface area contributed by atoms with Crippen molar-refractivity contribution in [3.8, 4) is 0 Å². The predicted molar refractivity (Wildman–Crippen MR) is 99.7 cm³/mol. The lowest BCUT2D eigenvalue weighted by atomic mass is 9.47. The minimum absolute atomic E-state index is 0. The van der Waals surface area contributed by atoms with Gasteiger partial charge in [0.2, 0.25) is 0 Å². The molecule has 26 heavy (non-hydrogen) atoms. The number of quaternary nitrogens is 1. The van der Waals surface area contributed by atoms with Gasteiger partial charge in [0.15, 0.2) is 6.34 Å². The minimum atomic E-state index is 0. The summed E-state index contributed by atoms with van der Waals surface area (Å²) < 4.78 is 1.22. The van der Waals surface area contributed by atoms with Crippen molar-refractivity contribution in [2.24, 2.45) is 40.5 Å². The van der Waals surface area contributed by atoms with E-state index in [9.17, 15) is 0 Å². The van der Waals surface area contributed by atoms with Gasteiger partial charge >= 0.3 is 0 Å². The smallest absolute Gasteiger partial charge is 0.195 e. The molecule has 142 valence electrons. The summed E-state index contributed by atoms with van der Waals surface area (Å²) in [4.78, 5) is 4.82. The lowest BCUT2D eigenvalue weighted by Crippen LogP contribution is -3.00. The Morgan fingerprint density at radius 2 is 0.962 bits per heavy atom. The molecule has 0 saturated heterocycles. The van der Waals surface area contributed by atoms with Crippen LogP contribution in [0.5, 0.6) is 0 Å². The van der Waals surface area contributed by atoms with Crippen LogP contribution in [0, 0.1) is 35.5 Å². The Labute approximate surface area is 164 Å². The number of nitrogens with zero attached hydrogens (tertiary/aromatic N) is 2. The van der Waals surface area contributed by atoms with Crippen LogP contribution in [0.15, 0.2) is 17.4 Å². The lowest BCUT2D eigenvalue weighted by Gasteiger charge is -2.69. The molecule has 0 N–H and O–H groups in total. The Morgan fingerprint density at radius 1 is 0.615 bits per heavy atom. The molecule has 0 spiro atoms. The van der Waals surface area contributed by atoms with Crippen molar-refractivity contribution in [3.63, 3.8) is 0 Å². The monoisotopic (exact) mass is 372 g/mol. The van der Waals surface area contributed by atoms with Crippen LogP contribution < -0.4 is 12.4 Å². The van der Waals surface area contributed by atoms with E-state index >= 15 is 0 Å². The van der Waals surface area contributed by atoms with Crippen LogP contribution in [0.25, 0.3) is 0 Å². The zero-order valence-electron chi connectivity index (χ0n) is 16.0. The van der Waals surface area contributed by atoms with Crippen molar-refractivity contribution in [2.45, 2.75) is 88.1 Å². The summed E-state index contributed by atoms with van der Waals surface area (Å²) in [7, 11) is 0. The van der Waals surface area contributed by atoms with E-state index in [-0.39, 0.29) is 12.4 Å². The maximum Gasteiger partial charge on any atom is 0.195 e. The van der Waals surface area contributed by atoms with Crippen LogP contribution in [-0.4, -0.2) is 21.9 Å². The van der Waals surface area contributed by atoms with Gasteiger partial charge in [-0.05, 0) is 74.0 Å². The number of aliphatic imine (C=N–C) groups is 1. The first-order valence-electron chi connectivity index (χ1n) is 11.3. The quantitative estimate of drug-likeness (QED) is 0.659. The summed E-state index contributed by atoms with van der Waals surface area (Å²) in [5, 5.41) is 0. The zero-order valence-corrected chi connectivity index (χ0v) is 16.7. The molecule has 8 aliphatic carbocycles. The highest BCUT2D eigenvalue weighted by molar-refractivity contribution is 5.54. The van der Waals surface area contributed by atoms with Gasteiger partial charge in [0, 0.05) is 38.5 Å². The summed E-state index contributed by atoms with van der Waals surface area (Å²) in [5.41, 5.74) is 1.05. The maximum atomic E-state index is 4.82. The Balaban J connectivity index is 0.00000137. The lowest BCUT2D eigenvalue weighted by molar-refractivity contribution is -0.905. The predicted octanol–water partition coefficient (Wildman–Crippen LogP) is 2.26. The molecule has 0 aromatic rings. The molecule has 1 heterocycles. The van der Waals surface area contributed by atoms with Crippen LogP contribution in [0.1, 0.15) is 77.0 Å². The highest BCUT2D eigenvalue weighted by Gasteiger charge is 2.70. The first-order valence-corrected chi connectivity index (χ1v) is 11.3. The fourth-order valence-electron chi connectivity index (χ4n) is 10.4. The summed E-state index contributed by atoms with van der Waals surface area (Å²) in [6.45, 7) is 0. The Morgan fingerprint density at radius 3 is 1.23 bits per heavy atom. The van der Waals surface area contributed by atoms with Crippen LogP contribution in [0.3, 0.4) is 0 Å². The highest BCUT2D eigenvalue weighted by atomic mass is 35.5. The number of rotatable bonds is 2. The normalized spacial score (nSPS) is 60.6. The maximum absolute atomic E-state index is 4.82. The molecule has 0 radical (unpaired) electrons. The molecule has 8 saturated carbocycles. The number of hydrogen-bond donors (Lipinski definition) is 0. The standard InChI is InChI=1S/C23H33N2.ClH/c1-2-25(15-24-1,22-9-16-3-17(10-22)5-18(4-16)11-22)23-12-19-6-20(13-23)8-21(7-19)14-23;/h1-2,15-21H,3-14H2;1H/q+1;/p-1. The van der Waals surface area contributed by atoms with E-state index in [2.05, 4.69) is 18.7 Å². The zero-order chi connectivity index (χ0) is 16.3. The SMILES string of the molecule is C1=C[N+](C23CC4CC(CC(C4)C2)C3)(C23CC4CC(CC(C4)C2)C3)C=N1.[Cl-].